The maximum Gasteiger partial charge on any atom is 0.257 e. The molecule has 0 heterocycles. The van der Waals surface area contributed by atoms with Crippen LogP contribution < -0.4 is 9.88 Å². The zero-order valence-electron chi connectivity index (χ0n) is 11.9. The van der Waals surface area contributed by atoms with Gasteiger partial charge in [0, 0.05) is 13.1 Å². The molecule has 6 nitrogen and oxygen atoms in total. The molecule has 0 aliphatic heterocycles. The van der Waals surface area contributed by atoms with Gasteiger partial charge in [0.25, 0.3) is 5.91 Å². The number of hydrogen-bond donors (Lipinski definition) is 1. The summed E-state index contributed by atoms with van der Waals surface area (Å²) in [5.41, 5.74) is 0.210. The van der Waals surface area contributed by atoms with Crippen LogP contribution in [0.3, 0.4) is 0 Å². The van der Waals surface area contributed by atoms with Gasteiger partial charge < -0.3 is 9.64 Å². The van der Waals surface area contributed by atoms with E-state index in [2.05, 4.69) is 0 Å². The minimum atomic E-state index is -3.86. The van der Waals surface area contributed by atoms with Crippen LogP contribution in [0.5, 0.6) is 5.75 Å². The molecule has 0 aliphatic carbocycles. The average molecular weight is 300 g/mol. The number of sulfonamides is 1. The Morgan fingerprint density at radius 2 is 1.85 bits per heavy atom. The van der Waals surface area contributed by atoms with E-state index in [4.69, 9.17) is 9.88 Å². The van der Waals surface area contributed by atoms with Crippen LogP contribution in [0.4, 0.5) is 0 Å². The van der Waals surface area contributed by atoms with Crippen LogP contribution in [-0.4, -0.2) is 38.9 Å². The van der Waals surface area contributed by atoms with Crippen LogP contribution in [0, 0.1) is 0 Å². The highest BCUT2D eigenvalue weighted by molar-refractivity contribution is 7.89. The number of carbonyl (C=O) groups excluding carboxylic acids is 1. The zero-order valence-corrected chi connectivity index (χ0v) is 12.7. The third-order valence-electron chi connectivity index (χ3n) is 2.86. The van der Waals surface area contributed by atoms with Crippen molar-refractivity contribution in [3.8, 4) is 5.75 Å². The Kier molecular flexibility index (Phi) is 5.52. The first-order valence-electron chi connectivity index (χ1n) is 6.44. The largest absolute Gasteiger partial charge is 0.493 e. The van der Waals surface area contributed by atoms with Crippen molar-refractivity contribution in [2.45, 2.75) is 25.7 Å². The number of rotatable bonds is 6. The molecule has 0 bridgehead atoms. The molecule has 1 aromatic rings. The van der Waals surface area contributed by atoms with Crippen molar-refractivity contribution in [1.29, 1.82) is 0 Å². The lowest BCUT2D eigenvalue weighted by atomic mass is 10.1. The molecule has 0 saturated carbocycles. The second-order valence-corrected chi connectivity index (χ2v) is 5.67. The van der Waals surface area contributed by atoms with E-state index in [0.29, 0.717) is 25.4 Å². The van der Waals surface area contributed by atoms with Crippen LogP contribution in [0.1, 0.15) is 31.1 Å². The van der Waals surface area contributed by atoms with Crippen molar-refractivity contribution >= 4 is 15.9 Å². The van der Waals surface area contributed by atoms with Gasteiger partial charge in [-0.15, -0.1) is 0 Å². The van der Waals surface area contributed by atoms with Crippen LogP contribution in [0.2, 0.25) is 0 Å². The van der Waals surface area contributed by atoms with Crippen LogP contribution >= 0.6 is 0 Å². The summed E-state index contributed by atoms with van der Waals surface area (Å²) in [5, 5.41) is 5.10. The molecule has 1 aromatic carbocycles. The first-order valence-corrected chi connectivity index (χ1v) is 7.98. The molecule has 112 valence electrons. The van der Waals surface area contributed by atoms with Crippen LogP contribution in [-0.2, 0) is 10.0 Å². The molecule has 0 saturated heterocycles. The molecule has 0 aliphatic rings. The molecule has 0 atom stereocenters. The van der Waals surface area contributed by atoms with Crippen LogP contribution in [0.15, 0.2) is 23.1 Å². The molecule has 2 N–H and O–H groups in total. The summed E-state index contributed by atoms with van der Waals surface area (Å²) >= 11 is 0. The van der Waals surface area contributed by atoms with Crippen molar-refractivity contribution in [2.24, 2.45) is 5.14 Å². The van der Waals surface area contributed by atoms with Crippen molar-refractivity contribution in [3.05, 3.63) is 23.8 Å². The summed E-state index contributed by atoms with van der Waals surface area (Å²) in [6.45, 7) is 6.93. The van der Waals surface area contributed by atoms with Crippen LogP contribution in [0.25, 0.3) is 0 Å². The van der Waals surface area contributed by atoms with E-state index in [-0.39, 0.29) is 16.4 Å². The summed E-state index contributed by atoms with van der Waals surface area (Å²) in [6, 6.07) is 4.06. The Morgan fingerprint density at radius 3 is 2.30 bits per heavy atom. The maximum absolute atomic E-state index is 12.4. The van der Waals surface area contributed by atoms with Gasteiger partial charge >= 0.3 is 0 Å². The fraction of sp³-hybridized carbons (Fsp3) is 0.462. The van der Waals surface area contributed by atoms with E-state index >= 15 is 0 Å². The third-order valence-corrected chi connectivity index (χ3v) is 3.77. The molecule has 7 heteroatoms. The summed E-state index contributed by atoms with van der Waals surface area (Å²) in [5.74, 6) is 0.0840. The normalized spacial score (nSPS) is 11.2. The van der Waals surface area contributed by atoms with Gasteiger partial charge in [0.05, 0.1) is 17.1 Å². The second kappa shape index (κ2) is 6.71. The number of amides is 1. The molecule has 0 fully saturated rings. The fourth-order valence-corrected chi connectivity index (χ4v) is 2.36. The highest BCUT2D eigenvalue weighted by Gasteiger charge is 2.20. The smallest absolute Gasteiger partial charge is 0.257 e. The topological polar surface area (TPSA) is 89.7 Å². The number of nitrogens with two attached hydrogens (primary N) is 1. The van der Waals surface area contributed by atoms with E-state index in [1.165, 1.54) is 18.2 Å². The van der Waals surface area contributed by atoms with Gasteiger partial charge in [0.1, 0.15) is 5.75 Å². The summed E-state index contributed by atoms with van der Waals surface area (Å²) < 4.78 is 28.2. The lowest BCUT2D eigenvalue weighted by Gasteiger charge is -2.20. The van der Waals surface area contributed by atoms with Crippen molar-refractivity contribution in [3.63, 3.8) is 0 Å². The van der Waals surface area contributed by atoms with Crippen molar-refractivity contribution < 1.29 is 17.9 Å². The van der Waals surface area contributed by atoms with E-state index < -0.39 is 10.0 Å². The van der Waals surface area contributed by atoms with Gasteiger partial charge in [0.2, 0.25) is 10.0 Å². The number of carbonyl (C=O) groups is 1. The van der Waals surface area contributed by atoms with Gasteiger partial charge in [-0.3, -0.25) is 4.79 Å². The SMILES string of the molecule is CCOc1ccc(S(N)(=O)=O)cc1C(=O)N(CC)CC. The molecular formula is C13H20N2O4S. The van der Waals surface area contributed by atoms with Crippen molar-refractivity contribution in [1.82, 2.24) is 4.90 Å². The molecule has 0 spiro atoms. The quantitative estimate of drug-likeness (QED) is 0.855. The third kappa shape index (κ3) is 3.71. The predicted molar refractivity (Wildman–Crippen MR) is 76.2 cm³/mol. The van der Waals surface area contributed by atoms with E-state index in [1.807, 2.05) is 13.8 Å². The van der Waals surface area contributed by atoms with Gasteiger partial charge in [-0.05, 0) is 39.0 Å². The number of benzene rings is 1. The Morgan fingerprint density at radius 1 is 1.25 bits per heavy atom. The Hall–Kier alpha value is -1.60. The summed E-state index contributed by atoms with van der Waals surface area (Å²) in [4.78, 5) is 13.9. The fourth-order valence-electron chi connectivity index (χ4n) is 1.82. The standard InChI is InChI=1S/C13H20N2O4S/c1-4-15(5-2)13(16)11-9-10(20(14,17)18)7-8-12(11)19-6-3/h7-9H,4-6H2,1-3H3,(H2,14,17,18). The molecule has 0 radical (unpaired) electrons. The van der Waals surface area contributed by atoms with Gasteiger partial charge in [-0.2, -0.15) is 0 Å². The van der Waals surface area contributed by atoms with E-state index in [1.54, 1.807) is 11.8 Å². The first-order chi connectivity index (χ1) is 9.35. The van der Waals surface area contributed by atoms with Gasteiger partial charge in [0.15, 0.2) is 0 Å². The maximum atomic E-state index is 12.4. The number of ether oxygens (including phenoxy) is 1. The minimum absolute atomic E-state index is 0.101. The monoisotopic (exact) mass is 300 g/mol. The molecule has 0 aromatic heterocycles. The molecular weight excluding hydrogens is 280 g/mol. The highest BCUT2D eigenvalue weighted by atomic mass is 32.2. The number of nitrogens with zero attached hydrogens (tertiary/aromatic N) is 1. The molecule has 0 unspecified atom stereocenters. The lowest BCUT2D eigenvalue weighted by Crippen LogP contribution is -2.31. The number of hydrogen-bond acceptors (Lipinski definition) is 4. The second-order valence-electron chi connectivity index (χ2n) is 4.11. The van der Waals surface area contributed by atoms with E-state index in [0.717, 1.165) is 0 Å². The minimum Gasteiger partial charge on any atom is -0.493 e. The summed E-state index contributed by atoms with van der Waals surface area (Å²) in [7, 11) is -3.86. The zero-order chi connectivity index (χ0) is 15.3. The highest BCUT2D eigenvalue weighted by Crippen LogP contribution is 2.24. The summed E-state index contributed by atoms with van der Waals surface area (Å²) in [6.07, 6.45) is 0. The van der Waals surface area contributed by atoms with Gasteiger partial charge in [-0.25, -0.2) is 13.6 Å². The Balaban J connectivity index is 3.35. The molecule has 20 heavy (non-hydrogen) atoms. The predicted octanol–water partition coefficient (Wildman–Crippen LogP) is 1.21. The Bertz CT molecular complexity index is 580. The Labute approximate surface area is 119 Å². The molecule has 1 rings (SSSR count). The average Bonchev–Trinajstić information content (AvgIpc) is 2.39. The van der Waals surface area contributed by atoms with Crippen molar-refractivity contribution in [2.75, 3.05) is 19.7 Å². The van der Waals surface area contributed by atoms with E-state index in [9.17, 15) is 13.2 Å². The molecule has 1 amide bonds. The number of primary sulfonamides is 1. The van der Waals surface area contributed by atoms with Gasteiger partial charge in [-0.1, -0.05) is 0 Å². The first kappa shape index (κ1) is 16.5. The lowest BCUT2D eigenvalue weighted by molar-refractivity contribution is 0.0768.